The highest BCUT2D eigenvalue weighted by Crippen LogP contribution is 2.50. The minimum atomic E-state index is -1.00. The summed E-state index contributed by atoms with van der Waals surface area (Å²) in [4.78, 5) is 34.1. The Morgan fingerprint density at radius 2 is 1.74 bits per heavy atom. The molecule has 7 rings (SSSR count). The summed E-state index contributed by atoms with van der Waals surface area (Å²) >= 11 is 0. The molecule has 0 saturated carbocycles. The summed E-state index contributed by atoms with van der Waals surface area (Å²) in [5.41, 5.74) is 0.890. The number of ether oxygens (including phenoxy) is 1. The van der Waals surface area contributed by atoms with E-state index >= 15 is 0 Å². The number of fused-ring (bicyclic) bond motifs is 6. The van der Waals surface area contributed by atoms with Crippen molar-refractivity contribution >= 4 is 22.3 Å². The molecule has 0 spiro atoms. The summed E-state index contributed by atoms with van der Waals surface area (Å²) in [6.07, 6.45) is 1.41. The maximum Gasteiger partial charge on any atom is 0.344 e. The SMILES string of the molecule is O=c1oc2ccccc2c2c1C(c1ccccc1[N+](=O)[O-])c1c(ncn3nc(-c4ccc(F)cc4)nc13)O2. The van der Waals surface area contributed by atoms with Gasteiger partial charge in [-0.05, 0) is 36.4 Å². The molecule has 3 aromatic heterocycles. The van der Waals surface area contributed by atoms with Gasteiger partial charge in [0.25, 0.3) is 5.69 Å². The molecule has 0 aliphatic carbocycles. The van der Waals surface area contributed by atoms with E-state index in [4.69, 9.17) is 9.15 Å². The van der Waals surface area contributed by atoms with E-state index in [2.05, 4.69) is 15.1 Å². The first-order valence-electron chi connectivity index (χ1n) is 11.5. The lowest BCUT2D eigenvalue weighted by molar-refractivity contribution is -0.385. The van der Waals surface area contributed by atoms with Crippen LogP contribution in [0.5, 0.6) is 11.6 Å². The predicted molar refractivity (Wildman–Crippen MR) is 133 cm³/mol. The Morgan fingerprint density at radius 1 is 0.974 bits per heavy atom. The zero-order valence-corrected chi connectivity index (χ0v) is 19.2. The molecule has 38 heavy (non-hydrogen) atoms. The summed E-state index contributed by atoms with van der Waals surface area (Å²) in [7, 11) is 0. The molecule has 6 aromatic rings. The van der Waals surface area contributed by atoms with Crippen molar-refractivity contribution in [2.24, 2.45) is 0 Å². The predicted octanol–water partition coefficient (Wildman–Crippen LogP) is 5.23. The fraction of sp³-hybridized carbons (Fsp3) is 0.0370. The van der Waals surface area contributed by atoms with Gasteiger partial charge in [-0.3, -0.25) is 10.1 Å². The summed E-state index contributed by atoms with van der Waals surface area (Å²) in [5.74, 6) is -0.794. The van der Waals surface area contributed by atoms with Gasteiger partial charge in [0.1, 0.15) is 17.7 Å². The second-order valence-corrected chi connectivity index (χ2v) is 8.65. The first kappa shape index (κ1) is 21.8. The van der Waals surface area contributed by atoms with E-state index in [-0.39, 0.29) is 39.9 Å². The van der Waals surface area contributed by atoms with Crippen LogP contribution in [0.1, 0.15) is 22.6 Å². The highest BCUT2D eigenvalue weighted by atomic mass is 19.1. The number of rotatable bonds is 3. The van der Waals surface area contributed by atoms with Crippen LogP contribution >= 0.6 is 0 Å². The quantitative estimate of drug-likeness (QED) is 0.181. The molecular formula is C27H14FN5O5. The van der Waals surface area contributed by atoms with E-state index in [1.807, 2.05) is 0 Å². The number of hydrogen-bond donors (Lipinski definition) is 0. The topological polar surface area (TPSA) is 126 Å². The summed E-state index contributed by atoms with van der Waals surface area (Å²) < 4.78 is 26.7. The Balaban J connectivity index is 1.57. The molecule has 0 amide bonds. The number of hydrogen-bond acceptors (Lipinski definition) is 8. The normalized spacial score (nSPS) is 14.2. The van der Waals surface area contributed by atoms with Crippen LogP contribution in [0.2, 0.25) is 0 Å². The Hall–Kier alpha value is -5.45. The second kappa shape index (κ2) is 8.03. The number of benzene rings is 3. The van der Waals surface area contributed by atoms with E-state index in [0.717, 1.165) is 0 Å². The Kier molecular flexibility index (Phi) is 4.61. The summed E-state index contributed by atoms with van der Waals surface area (Å²) in [5, 5.41) is 17.0. The third kappa shape index (κ3) is 3.18. The van der Waals surface area contributed by atoms with Crippen LogP contribution in [0.4, 0.5) is 10.1 Å². The first-order valence-corrected chi connectivity index (χ1v) is 11.5. The van der Waals surface area contributed by atoms with Crippen molar-refractivity contribution in [1.82, 2.24) is 19.6 Å². The van der Waals surface area contributed by atoms with Crippen molar-refractivity contribution in [3.05, 3.63) is 122 Å². The fourth-order valence-electron chi connectivity index (χ4n) is 4.86. The smallest absolute Gasteiger partial charge is 0.344 e. The monoisotopic (exact) mass is 507 g/mol. The molecule has 0 saturated heterocycles. The van der Waals surface area contributed by atoms with Gasteiger partial charge in [0.2, 0.25) is 5.88 Å². The Bertz CT molecular complexity index is 1980. The van der Waals surface area contributed by atoms with Gasteiger partial charge in [0.15, 0.2) is 17.2 Å². The van der Waals surface area contributed by atoms with Gasteiger partial charge in [0.05, 0.1) is 27.4 Å². The van der Waals surface area contributed by atoms with E-state index in [0.29, 0.717) is 22.1 Å². The second-order valence-electron chi connectivity index (χ2n) is 8.65. The minimum Gasteiger partial charge on any atom is -0.437 e. The zero-order valence-electron chi connectivity index (χ0n) is 19.2. The van der Waals surface area contributed by atoms with Gasteiger partial charge >= 0.3 is 5.63 Å². The van der Waals surface area contributed by atoms with Crippen LogP contribution in [-0.2, 0) is 0 Å². The molecule has 0 radical (unpaired) electrons. The maximum atomic E-state index is 13.5. The molecule has 11 heteroatoms. The minimum absolute atomic E-state index is 0.0896. The molecule has 0 fully saturated rings. The lowest BCUT2D eigenvalue weighted by Crippen LogP contribution is -2.23. The number of nitrogens with zero attached hydrogens (tertiary/aromatic N) is 5. The van der Waals surface area contributed by atoms with Crippen LogP contribution in [0.25, 0.3) is 28.0 Å². The zero-order chi connectivity index (χ0) is 26.0. The number of nitro benzene ring substituents is 1. The fourth-order valence-corrected chi connectivity index (χ4v) is 4.86. The van der Waals surface area contributed by atoms with Crippen molar-refractivity contribution in [3.63, 3.8) is 0 Å². The molecule has 0 N–H and O–H groups in total. The Morgan fingerprint density at radius 3 is 2.55 bits per heavy atom. The summed E-state index contributed by atoms with van der Waals surface area (Å²) in [6, 6.07) is 18.7. The third-order valence-electron chi connectivity index (χ3n) is 6.51. The van der Waals surface area contributed by atoms with E-state index < -0.39 is 22.3 Å². The van der Waals surface area contributed by atoms with E-state index in [1.165, 1.54) is 41.2 Å². The van der Waals surface area contributed by atoms with Crippen molar-refractivity contribution in [2.45, 2.75) is 5.92 Å². The highest BCUT2D eigenvalue weighted by molar-refractivity contribution is 5.87. The van der Waals surface area contributed by atoms with Crippen molar-refractivity contribution in [1.29, 1.82) is 0 Å². The molecular weight excluding hydrogens is 493 g/mol. The van der Waals surface area contributed by atoms with Crippen LogP contribution in [-0.4, -0.2) is 24.5 Å². The van der Waals surface area contributed by atoms with Gasteiger partial charge in [-0.15, -0.1) is 5.10 Å². The van der Waals surface area contributed by atoms with E-state index in [9.17, 15) is 19.3 Å². The molecule has 3 aromatic carbocycles. The molecule has 1 unspecified atom stereocenters. The van der Waals surface area contributed by atoms with Crippen LogP contribution < -0.4 is 10.4 Å². The molecule has 4 heterocycles. The molecule has 0 bridgehead atoms. The van der Waals surface area contributed by atoms with Crippen LogP contribution in [0, 0.1) is 15.9 Å². The molecule has 10 nitrogen and oxygen atoms in total. The standard InChI is InChI=1S/C27H14FN5O5/c28-15-11-9-14(10-12-15)24-30-25-22-20(16-5-1-3-7-18(16)33(35)36)21-23(38-26(22)29-13-32(25)31-24)17-6-2-4-8-19(17)37-27(21)34/h1-13,20H. The van der Waals surface area contributed by atoms with Crippen molar-refractivity contribution in [2.75, 3.05) is 0 Å². The Labute approximate surface area is 211 Å². The number of halogens is 1. The van der Waals surface area contributed by atoms with Crippen molar-refractivity contribution in [3.8, 4) is 23.0 Å². The van der Waals surface area contributed by atoms with Crippen molar-refractivity contribution < 1.29 is 18.5 Å². The van der Waals surface area contributed by atoms with Gasteiger partial charge in [-0.2, -0.15) is 0 Å². The van der Waals surface area contributed by atoms with Crippen LogP contribution in [0.3, 0.4) is 0 Å². The van der Waals surface area contributed by atoms with Crippen LogP contribution in [0.15, 0.2) is 88.3 Å². The molecule has 1 atom stereocenters. The maximum absolute atomic E-state index is 13.5. The average molecular weight is 507 g/mol. The molecule has 1 aliphatic rings. The van der Waals surface area contributed by atoms with Gasteiger partial charge < -0.3 is 9.15 Å². The molecule has 184 valence electrons. The van der Waals surface area contributed by atoms with Gasteiger partial charge in [-0.1, -0.05) is 30.3 Å². The largest absolute Gasteiger partial charge is 0.437 e. The first-order chi connectivity index (χ1) is 18.5. The lowest BCUT2D eigenvalue weighted by Gasteiger charge is -2.27. The van der Waals surface area contributed by atoms with Gasteiger partial charge in [0, 0.05) is 17.2 Å². The molecule has 1 aliphatic heterocycles. The lowest BCUT2D eigenvalue weighted by atomic mass is 9.83. The highest BCUT2D eigenvalue weighted by Gasteiger charge is 2.40. The average Bonchev–Trinajstić information content (AvgIpc) is 3.37. The third-order valence-corrected chi connectivity index (χ3v) is 6.51. The number of para-hydroxylation sites is 2. The summed E-state index contributed by atoms with van der Waals surface area (Å²) in [6.45, 7) is 0. The van der Waals surface area contributed by atoms with Gasteiger partial charge in [-0.25, -0.2) is 23.7 Å². The van der Waals surface area contributed by atoms with E-state index in [1.54, 1.807) is 42.5 Å². The number of aromatic nitrogens is 4. The number of nitro groups is 1.